The van der Waals surface area contributed by atoms with E-state index in [9.17, 15) is 0 Å². The highest BCUT2D eigenvalue weighted by Crippen LogP contribution is 2.29. The maximum absolute atomic E-state index is 3.72. The van der Waals surface area contributed by atoms with E-state index >= 15 is 0 Å². The molecule has 2 rings (SSSR count). The van der Waals surface area contributed by atoms with Crippen LogP contribution in [-0.4, -0.2) is 25.2 Å². The number of anilines is 1. The largest absolute Gasteiger partial charge is 0.369 e. The maximum Gasteiger partial charge on any atom is 0.0398 e. The summed E-state index contributed by atoms with van der Waals surface area (Å²) in [6.07, 6.45) is 6.57. The lowest BCUT2D eigenvalue weighted by molar-refractivity contribution is 0.329. The van der Waals surface area contributed by atoms with Gasteiger partial charge in [0.1, 0.15) is 0 Å². The van der Waals surface area contributed by atoms with Gasteiger partial charge in [-0.1, -0.05) is 25.1 Å². The van der Waals surface area contributed by atoms with E-state index < -0.39 is 0 Å². The van der Waals surface area contributed by atoms with Crippen LogP contribution in [-0.2, 0) is 0 Å². The van der Waals surface area contributed by atoms with Crippen molar-refractivity contribution in [3.63, 3.8) is 0 Å². The number of hydrogen-bond donors (Lipinski definition) is 1. The van der Waals surface area contributed by atoms with Crippen molar-refractivity contribution in [2.75, 3.05) is 18.0 Å². The number of benzene rings is 1. The summed E-state index contributed by atoms with van der Waals surface area (Å²) < 4.78 is 0. The van der Waals surface area contributed by atoms with Crippen LogP contribution in [0.25, 0.3) is 0 Å². The lowest BCUT2D eigenvalue weighted by Gasteiger charge is -2.39. The van der Waals surface area contributed by atoms with Gasteiger partial charge >= 0.3 is 0 Å². The van der Waals surface area contributed by atoms with E-state index in [1.54, 1.807) is 0 Å². The molecule has 2 nitrogen and oxygen atoms in total. The molecule has 0 bridgehead atoms. The van der Waals surface area contributed by atoms with E-state index in [1.807, 2.05) is 0 Å². The molecule has 0 aromatic heterocycles. The summed E-state index contributed by atoms with van der Waals surface area (Å²) in [4.78, 5) is 2.62. The normalized spacial score (nSPS) is 22.8. The molecule has 2 heteroatoms. The molecule has 1 fully saturated rings. The van der Waals surface area contributed by atoms with Crippen molar-refractivity contribution >= 4 is 5.69 Å². The highest BCUT2D eigenvalue weighted by atomic mass is 15.2. The van der Waals surface area contributed by atoms with Crippen LogP contribution in [0.1, 0.15) is 51.5 Å². The fourth-order valence-electron chi connectivity index (χ4n) is 3.49. The van der Waals surface area contributed by atoms with Gasteiger partial charge < -0.3 is 10.2 Å². The van der Waals surface area contributed by atoms with E-state index in [-0.39, 0.29) is 0 Å². The molecule has 1 aliphatic carbocycles. The van der Waals surface area contributed by atoms with Crippen LogP contribution in [0, 0.1) is 6.92 Å². The van der Waals surface area contributed by atoms with Gasteiger partial charge in [-0.2, -0.15) is 0 Å². The SMILES string of the molecule is CCCNC1CCCC(N(CC)c2ccccc2C)C1. The molecule has 0 spiro atoms. The molecule has 20 heavy (non-hydrogen) atoms. The summed E-state index contributed by atoms with van der Waals surface area (Å²) in [6, 6.07) is 10.2. The Hall–Kier alpha value is -1.02. The lowest BCUT2D eigenvalue weighted by atomic mass is 9.89. The van der Waals surface area contributed by atoms with Gasteiger partial charge in [0.05, 0.1) is 0 Å². The second-order valence-electron chi connectivity index (χ2n) is 6.04. The number of aryl methyl sites for hydroxylation is 1. The minimum atomic E-state index is 0.698. The zero-order valence-electron chi connectivity index (χ0n) is 13.4. The first-order valence-electron chi connectivity index (χ1n) is 8.31. The van der Waals surface area contributed by atoms with Crippen LogP contribution < -0.4 is 10.2 Å². The molecule has 1 aromatic carbocycles. The summed E-state index contributed by atoms with van der Waals surface area (Å²) in [5.41, 5.74) is 2.83. The molecule has 2 atom stereocenters. The van der Waals surface area contributed by atoms with Crippen LogP contribution in [0.15, 0.2) is 24.3 Å². The Bertz CT molecular complexity index is 402. The second-order valence-corrected chi connectivity index (χ2v) is 6.04. The molecule has 1 saturated carbocycles. The number of hydrogen-bond acceptors (Lipinski definition) is 2. The molecule has 2 unspecified atom stereocenters. The van der Waals surface area contributed by atoms with Gasteiger partial charge in [0.25, 0.3) is 0 Å². The van der Waals surface area contributed by atoms with Crippen LogP contribution in [0.5, 0.6) is 0 Å². The molecule has 0 amide bonds. The third-order valence-corrected chi connectivity index (χ3v) is 4.54. The van der Waals surface area contributed by atoms with E-state index in [2.05, 4.69) is 55.3 Å². The highest BCUT2D eigenvalue weighted by Gasteiger charge is 2.26. The molecule has 0 aliphatic heterocycles. The zero-order chi connectivity index (χ0) is 14.4. The summed E-state index contributed by atoms with van der Waals surface area (Å²) in [5, 5.41) is 3.72. The fourth-order valence-corrected chi connectivity index (χ4v) is 3.49. The molecule has 0 heterocycles. The van der Waals surface area contributed by atoms with E-state index in [0.29, 0.717) is 12.1 Å². The quantitative estimate of drug-likeness (QED) is 0.839. The minimum absolute atomic E-state index is 0.698. The van der Waals surface area contributed by atoms with Gasteiger partial charge in [-0.3, -0.25) is 0 Å². The van der Waals surface area contributed by atoms with Crippen molar-refractivity contribution in [1.82, 2.24) is 5.32 Å². The average molecular weight is 274 g/mol. The average Bonchev–Trinajstić information content (AvgIpc) is 2.48. The second kappa shape index (κ2) is 7.68. The molecular weight excluding hydrogens is 244 g/mol. The van der Waals surface area contributed by atoms with Crippen molar-refractivity contribution in [3.8, 4) is 0 Å². The summed E-state index contributed by atoms with van der Waals surface area (Å²) >= 11 is 0. The molecule has 0 radical (unpaired) electrons. The summed E-state index contributed by atoms with van der Waals surface area (Å²) in [5.74, 6) is 0. The lowest BCUT2D eigenvalue weighted by Crippen LogP contribution is -2.45. The summed E-state index contributed by atoms with van der Waals surface area (Å²) in [7, 11) is 0. The van der Waals surface area contributed by atoms with Gasteiger partial charge in [-0.15, -0.1) is 0 Å². The topological polar surface area (TPSA) is 15.3 Å². The monoisotopic (exact) mass is 274 g/mol. The third-order valence-electron chi connectivity index (χ3n) is 4.54. The maximum atomic E-state index is 3.72. The zero-order valence-corrected chi connectivity index (χ0v) is 13.4. The molecule has 1 N–H and O–H groups in total. The Kier molecular flexibility index (Phi) is 5.90. The first-order valence-corrected chi connectivity index (χ1v) is 8.31. The first kappa shape index (κ1) is 15.4. The van der Waals surface area contributed by atoms with Gasteiger partial charge in [-0.25, -0.2) is 0 Å². The van der Waals surface area contributed by atoms with Crippen LogP contribution in [0.3, 0.4) is 0 Å². The Balaban J connectivity index is 2.05. The number of nitrogens with zero attached hydrogens (tertiary/aromatic N) is 1. The number of rotatable bonds is 6. The van der Waals surface area contributed by atoms with Gasteiger partial charge in [-0.05, 0) is 64.1 Å². The Morgan fingerprint density at radius 2 is 2.00 bits per heavy atom. The predicted molar refractivity (Wildman–Crippen MR) is 88.5 cm³/mol. The van der Waals surface area contributed by atoms with E-state index in [0.717, 1.165) is 13.1 Å². The number of nitrogens with one attached hydrogen (secondary N) is 1. The molecule has 0 saturated heterocycles. The first-order chi connectivity index (χ1) is 9.76. The van der Waals surface area contributed by atoms with Crippen molar-refractivity contribution in [2.45, 2.75) is 65.0 Å². The van der Waals surface area contributed by atoms with E-state index in [1.165, 1.54) is 43.4 Å². The van der Waals surface area contributed by atoms with Crippen LogP contribution in [0.4, 0.5) is 5.69 Å². The number of para-hydroxylation sites is 1. The standard InChI is InChI=1S/C18H30N2/c1-4-13-19-16-10-8-11-17(14-16)20(5-2)18-12-7-6-9-15(18)3/h6-7,9,12,16-17,19H,4-5,8,10-11,13-14H2,1-3H3. The Labute approximate surface area is 124 Å². The predicted octanol–water partition coefficient (Wildman–Crippen LogP) is 4.13. The molecule has 1 aromatic rings. The third kappa shape index (κ3) is 3.76. The van der Waals surface area contributed by atoms with Gasteiger partial charge in [0.15, 0.2) is 0 Å². The molecule has 112 valence electrons. The van der Waals surface area contributed by atoms with Crippen LogP contribution >= 0.6 is 0 Å². The smallest absolute Gasteiger partial charge is 0.0398 e. The van der Waals surface area contributed by atoms with Crippen LogP contribution in [0.2, 0.25) is 0 Å². The van der Waals surface area contributed by atoms with Gasteiger partial charge in [0.2, 0.25) is 0 Å². The van der Waals surface area contributed by atoms with Crippen molar-refractivity contribution in [2.24, 2.45) is 0 Å². The van der Waals surface area contributed by atoms with Crippen molar-refractivity contribution in [3.05, 3.63) is 29.8 Å². The fraction of sp³-hybridized carbons (Fsp3) is 0.667. The minimum Gasteiger partial charge on any atom is -0.369 e. The van der Waals surface area contributed by atoms with Gasteiger partial charge in [0, 0.05) is 24.3 Å². The highest BCUT2D eigenvalue weighted by molar-refractivity contribution is 5.53. The van der Waals surface area contributed by atoms with Crippen molar-refractivity contribution < 1.29 is 0 Å². The summed E-state index contributed by atoms with van der Waals surface area (Å²) in [6.45, 7) is 9.03. The Morgan fingerprint density at radius 1 is 1.20 bits per heavy atom. The molecule has 1 aliphatic rings. The van der Waals surface area contributed by atoms with E-state index in [4.69, 9.17) is 0 Å². The molecular formula is C18H30N2. The Morgan fingerprint density at radius 3 is 2.70 bits per heavy atom. The van der Waals surface area contributed by atoms with Crippen molar-refractivity contribution in [1.29, 1.82) is 0 Å².